The van der Waals surface area contributed by atoms with Crippen molar-refractivity contribution >= 4 is 11.7 Å². The Morgan fingerprint density at radius 3 is 2.95 bits per heavy atom. The quantitative estimate of drug-likeness (QED) is 0.943. The molecule has 110 valence electrons. The highest BCUT2D eigenvalue weighted by Gasteiger charge is 2.28. The van der Waals surface area contributed by atoms with Gasteiger partial charge in [0.05, 0.1) is 6.10 Å². The summed E-state index contributed by atoms with van der Waals surface area (Å²) in [7, 11) is 0. The van der Waals surface area contributed by atoms with E-state index in [9.17, 15) is 9.18 Å². The molecule has 6 heteroatoms. The monoisotopic (exact) mass is 290 g/mol. The van der Waals surface area contributed by atoms with E-state index in [1.807, 2.05) is 6.92 Å². The minimum atomic E-state index is -0.450. The predicted molar refractivity (Wildman–Crippen MR) is 74.1 cm³/mol. The molecule has 2 heterocycles. The standard InChI is InChI=1S/C15H15FN2O3/c1-9-5-6-12(20-9)15(19)17-14-8-13(21-18-14)10-3-2-4-11(16)7-10/h2-4,7-9,12H,5-6H2,1H3,(H,17,18,19)/t9-,12+/m0/s1. The van der Waals surface area contributed by atoms with Crippen LogP contribution in [0.15, 0.2) is 34.9 Å². The third-order valence-corrected chi connectivity index (χ3v) is 3.39. The molecule has 1 amide bonds. The van der Waals surface area contributed by atoms with Gasteiger partial charge in [0.25, 0.3) is 5.91 Å². The lowest BCUT2D eigenvalue weighted by Crippen LogP contribution is -2.27. The number of carbonyl (C=O) groups excluding carboxylic acids is 1. The molecule has 0 aliphatic carbocycles. The van der Waals surface area contributed by atoms with Crippen molar-refractivity contribution in [3.8, 4) is 11.3 Å². The van der Waals surface area contributed by atoms with Gasteiger partial charge in [-0.25, -0.2) is 4.39 Å². The Hall–Kier alpha value is -2.21. The lowest BCUT2D eigenvalue weighted by atomic mass is 10.1. The van der Waals surface area contributed by atoms with Gasteiger partial charge in [-0.1, -0.05) is 17.3 Å². The molecule has 3 rings (SSSR count). The van der Waals surface area contributed by atoms with Crippen molar-refractivity contribution < 1.29 is 18.4 Å². The summed E-state index contributed by atoms with van der Waals surface area (Å²) in [6.07, 6.45) is 1.21. The molecule has 1 aromatic carbocycles. The summed E-state index contributed by atoms with van der Waals surface area (Å²) in [5.41, 5.74) is 0.564. The maximum absolute atomic E-state index is 13.2. The Balaban J connectivity index is 1.69. The average Bonchev–Trinajstić information content (AvgIpc) is 3.08. The van der Waals surface area contributed by atoms with Crippen molar-refractivity contribution in [3.05, 3.63) is 36.1 Å². The van der Waals surface area contributed by atoms with Crippen molar-refractivity contribution in [2.45, 2.75) is 32.0 Å². The zero-order valence-electron chi connectivity index (χ0n) is 11.5. The highest BCUT2D eigenvalue weighted by molar-refractivity contribution is 5.93. The molecule has 1 fully saturated rings. The van der Waals surface area contributed by atoms with Gasteiger partial charge in [0, 0.05) is 11.6 Å². The van der Waals surface area contributed by atoms with Crippen LogP contribution >= 0.6 is 0 Å². The number of amides is 1. The molecule has 0 saturated carbocycles. The minimum Gasteiger partial charge on any atom is -0.365 e. The van der Waals surface area contributed by atoms with Crippen molar-refractivity contribution in [1.82, 2.24) is 5.16 Å². The van der Waals surface area contributed by atoms with Gasteiger partial charge < -0.3 is 14.6 Å². The number of nitrogens with one attached hydrogen (secondary N) is 1. The van der Waals surface area contributed by atoms with Crippen LogP contribution in [0.2, 0.25) is 0 Å². The number of nitrogens with zero attached hydrogens (tertiary/aromatic N) is 1. The highest BCUT2D eigenvalue weighted by atomic mass is 19.1. The van der Waals surface area contributed by atoms with E-state index >= 15 is 0 Å². The second kappa shape index (κ2) is 5.65. The Morgan fingerprint density at radius 1 is 1.38 bits per heavy atom. The normalized spacial score (nSPS) is 21.4. The molecule has 0 spiro atoms. The van der Waals surface area contributed by atoms with Gasteiger partial charge >= 0.3 is 0 Å². The van der Waals surface area contributed by atoms with Gasteiger partial charge in [0.2, 0.25) is 0 Å². The Labute approximate surface area is 121 Å². The van der Waals surface area contributed by atoms with Crippen LogP contribution in [0, 0.1) is 5.82 Å². The molecule has 1 N–H and O–H groups in total. The molecule has 1 aromatic heterocycles. The van der Waals surface area contributed by atoms with E-state index in [0.29, 0.717) is 23.6 Å². The number of hydrogen-bond donors (Lipinski definition) is 1. The van der Waals surface area contributed by atoms with E-state index < -0.39 is 6.10 Å². The van der Waals surface area contributed by atoms with E-state index in [2.05, 4.69) is 10.5 Å². The summed E-state index contributed by atoms with van der Waals surface area (Å²) in [5, 5.41) is 6.41. The number of halogens is 1. The topological polar surface area (TPSA) is 64.4 Å². The predicted octanol–water partition coefficient (Wildman–Crippen LogP) is 2.99. The van der Waals surface area contributed by atoms with Crippen LogP contribution in [-0.2, 0) is 9.53 Å². The fraction of sp³-hybridized carbons (Fsp3) is 0.333. The molecule has 2 aromatic rings. The summed E-state index contributed by atoms with van der Waals surface area (Å²) in [6.45, 7) is 1.94. The summed E-state index contributed by atoms with van der Waals surface area (Å²) < 4.78 is 23.8. The van der Waals surface area contributed by atoms with E-state index in [-0.39, 0.29) is 17.8 Å². The highest BCUT2D eigenvalue weighted by Crippen LogP contribution is 2.24. The third kappa shape index (κ3) is 3.11. The van der Waals surface area contributed by atoms with Gasteiger partial charge in [-0.3, -0.25) is 4.79 Å². The molecule has 1 aliphatic rings. The molecule has 0 bridgehead atoms. The molecular formula is C15H15FN2O3. The fourth-order valence-electron chi connectivity index (χ4n) is 2.31. The van der Waals surface area contributed by atoms with E-state index in [1.165, 1.54) is 12.1 Å². The first-order valence-electron chi connectivity index (χ1n) is 6.81. The van der Waals surface area contributed by atoms with E-state index in [4.69, 9.17) is 9.26 Å². The molecule has 0 radical (unpaired) electrons. The Morgan fingerprint density at radius 2 is 2.24 bits per heavy atom. The number of carbonyl (C=O) groups is 1. The maximum Gasteiger partial charge on any atom is 0.254 e. The number of benzene rings is 1. The lowest BCUT2D eigenvalue weighted by molar-refractivity contribution is -0.126. The summed E-state index contributed by atoms with van der Waals surface area (Å²) in [6, 6.07) is 7.54. The molecule has 1 saturated heterocycles. The summed E-state index contributed by atoms with van der Waals surface area (Å²) in [4.78, 5) is 12.0. The third-order valence-electron chi connectivity index (χ3n) is 3.39. The minimum absolute atomic E-state index is 0.0981. The van der Waals surface area contributed by atoms with Crippen LogP contribution in [0.5, 0.6) is 0 Å². The number of hydrogen-bond acceptors (Lipinski definition) is 4. The number of rotatable bonds is 3. The summed E-state index contributed by atoms with van der Waals surface area (Å²) in [5.74, 6) is 0.0918. The van der Waals surface area contributed by atoms with Gasteiger partial charge in [-0.05, 0) is 31.9 Å². The molecule has 5 nitrogen and oxygen atoms in total. The second-order valence-corrected chi connectivity index (χ2v) is 5.09. The van der Waals surface area contributed by atoms with Crippen LogP contribution in [0.25, 0.3) is 11.3 Å². The largest absolute Gasteiger partial charge is 0.365 e. The maximum atomic E-state index is 13.2. The Bertz CT molecular complexity index is 656. The molecule has 1 aliphatic heterocycles. The van der Waals surface area contributed by atoms with Gasteiger partial charge in [-0.2, -0.15) is 0 Å². The van der Waals surface area contributed by atoms with Crippen LogP contribution in [0.3, 0.4) is 0 Å². The first-order chi connectivity index (χ1) is 10.1. The SMILES string of the molecule is C[C@H]1CC[C@H](C(=O)Nc2cc(-c3cccc(F)c3)on2)O1. The Kier molecular flexibility index (Phi) is 3.70. The van der Waals surface area contributed by atoms with Crippen LogP contribution in [0.1, 0.15) is 19.8 Å². The zero-order chi connectivity index (χ0) is 14.8. The number of ether oxygens (including phenoxy) is 1. The second-order valence-electron chi connectivity index (χ2n) is 5.09. The zero-order valence-corrected chi connectivity index (χ0v) is 11.5. The van der Waals surface area contributed by atoms with Crippen molar-refractivity contribution in [2.75, 3.05) is 5.32 Å². The molecule has 2 atom stereocenters. The molecular weight excluding hydrogens is 275 g/mol. The van der Waals surface area contributed by atoms with E-state index in [1.54, 1.807) is 18.2 Å². The molecule has 0 unspecified atom stereocenters. The van der Waals surface area contributed by atoms with Gasteiger partial charge in [-0.15, -0.1) is 0 Å². The van der Waals surface area contributed by atoms with Crippen LogP contribution < -0.4 is 5.32 Å². The van der Waals surface area contributed by atoms with Gasteiger partial charge in [0.15, 0.2) is 11.6 Å². The number of anilines is 1. The average molecular weight is 290 g/mol. The van der Waals surface area contributed by atoms with Crippen LogP contribution in [-0.4, -0.2) is 23.3 Å². The first kappa shape index (κ1) is 13.8. The van der Waals surface area contributed by atoms with E-state index in [0.717, 1.165) is 6.42 Å². The van der Waals surface area contributed by atoms with Crippen molar-refractivity contribution in [2.24, 2.45) is 0 Å². The molecule has 21 heavy (non-hydrogen) atoms. The smallest absolute Gasteiger partial charge is 0.254 e. The lowest BCUT2D eigenvalue weighted by Gasteiger charge is -2.09. The van der Waals surface area contributed by atoms with Gasteiger partial charge in [0.1, 0.15) is 11.9 Å². The summed E-state index contributed by atoms with van der Waals surface area (Å²) >= 11 is 0. The fourth-order valence-corrected chi connectivity index (χ4v) is 2.31. The van der Waals surface area contributed by atoms with Crippen LogP contribution in [0.4, 0.5) is 10.2 Å². The van der Waals surface area contributed by atoms with Crippen molar-refractivity contribution in [3.63, 3.8) is 0 Å². The first-order valence-corrected chi connectivity index (χ1v) is 6.81. The van der Waals surface area contributed by atoms with Crippen molar-refractivity contribution in [1.29, 1.82) is 0 Å². The number of aromatic nitrogens is 1.